The molecule has 3 aromatic rings. The summed E-state index contributed by atoms with van der Waals surface area (Å²) >= 11 is 16.6. The zero-order valence-corrected chi connectivity index (χ0v) is 13.1. The number of fused-ring (bicyclic) bond motifs is 1. The summed E-state index contributed by atoms with van der Waals surface area (Å²) in [5.74, 6) is 0.617. The van der Waals surface area contributed by atoms with Gasteiger partial charge in [0.15, 0.2) is 0 Å². The molecule has 0 fully saturated rings. The van der Waals surface area contributed by atoms with Gasteiger partial charge >= 0.3 is 0 Å². The van der Waals surface area contributed by atoms with E-state index in [0.717, 1.165) is 27.2 Å². The van der Waals surface area contributed by atoms with Crippen molar-refractivity contribution in [3.05, 3.63) is 38.9 Å². The number of nitrogens with one attached hydrogen (secondary N) is 1. The first-order valence-corrected chi connectivity index (χ1v) is 7.42. The van der Waals surface area contributed by atoms with Crippen molar-refractivity contribution in [1.82, 2.24) is 13.7 Å². The summed E-state index contributed by atoms with van der Waals surface area (Å²) in [5, 5.41) is 4.26. The van der Waals surface area contributed by atoms with Crippen molar-refractivity contribution in [1.29, 1.82) is 0 Å². The molecule has 3 rings (SSSR count). The van der Waals surface area contributed by atoms with Crippen molar-refractivity contribution < 1.29 is 0 Å². The zero-order valence-electron chi connectivity index (χ0n) is 9.19. The number of pyridine rings is 1. The molecule has 8 heteroatoms. The standard InChI is InChI=1S/C11H5BrCl2N4S/c12-6-3-5(13)4-15-11(6)16-9-7(14)1-2-8-10(9)18-19-17-8/h1-4H,(H,15,16). The van der Waals surface area contributed by atoms with Gasteiger partial charge in [-0.3, -0.25) is 0 Å². The number of anilines is 2. The Kier molecular flexibility index (Phi) is 3.58. The van der Waals surface area contributed by atoms with Crippen LogP contribution in [-0.2, 0) is 0 Å². The fourth-order valence-electron chi connectivity index (χ4n) is 1.57. The Morgan fingerprint density at radius 1 is 1.21 bits per heavy atom. The second kappa shape index (κ2) is 5.20. The van der Waals surface area contributed by atoms with E-state index in [1.165, 1.54) is 0 Å². The van der Waals surface area contributed by atoms with Crippen molar-refractivity contribution in [3.8, 4) is 0 Å². The highest BCUT2D eigenvalue weighted by molar-refractivity contribution is 9.10. The quantitative estimate of drug-likeness (QED) is 0.692. The molecule has 0 spiro atoms. The van der Waals surface area contributed by atoms with Crippen LogP contribution in [0.4, 0.5) is 11.5 Å². The van der Waals surface area contributed by atoms with Crippen molar-refractivity contribution in [2.24, 2.45) is 0 Å². The number of halogens is 3. The van der Waals surface area contributed by atoms with Crippen LogP contribution in [0.2, 0.25) is 10.0 Å². The molecule has 0 aliphatic carbocycles. The molecule has 0 amide bonds. The number of nitrogens with zero attached hydrogens (tertiary/aromatic N) is 3. The van der Waals surface area contributed by atoms with Crippen LogP contribution in [0.15, 0.2) is 28.9 Å². The second-order valence-electron chi connectivity index (χ2n) is 3.66. The summed E-state index contributed by atoms with van der Waals surface area (Å²) in [6.07, 6.45) is 1.56. The van der Waals surface area contributed by atoms with Crippen LogP contribution in [0.5, 0.6) is 0 Å². The molecule has 96 valence electrons. The summed E-state index contributed by atoms with van der Waals surface area (Å²) in [7, 11) is 0. The van der Waals surface area contributed by atoms with E-state index in [1.807, 2.05) is 6.07 Å². The minimum atomic E-state index is 0.553. The lowest BCUT2D eigenvalue weighted by molar-refractivity contribution is 1.29. The van der Waals surface area contributed by atoms with Crippen LogP contribution < -0.4 is 5.32 Å². The monoisotopic (exact) mass is 374 g/mol. The molecule has 0 atom stereocenters. The lowest BCUT2D eigenvalue weighted by Crippen LogP contribution is -1.96. The molecule has 4 nitrogen and oxygen atoms in total. The predicted molar refractivity (Wildman–Crippen MR) is 82.7 cm³/mol. The molecule has 0 saturated carbocycles. The lowest BCUT2D eigenvalue weighted by Gasteiger charge is -2.09. The van der Waals surface area contributed by atoms with Gasteiger partial charge < -0.3 is 5.32 Å². The largest absolute Gasteiger partial charge is 0.336 e. The summed E-state index contributed by atoms with van der Waals surface area (Å²) in [4.78, 5) is 4.21. The van der Waals surface area contributed by atoms with Gasteiger partial charge in [0.2, 0.25) is 0 Å². The van der Waals surface area contributed by atoms with Crippen LogP contribution in [0.25, 0.3) is 11.0 Å². The number of aromatic nitrogens is 3. The third-order valence-corrected chi connectivity index (χ3v) is 4.10. The minimum Gasteiger partial charge on any atom is -0.336 e. The second-order valence-corrected chi connectivity index (χ2v) is 5.89. The van der Waals surface area contributed by atoms with Gasteiger partial charge in [0, 0.05) is 6.20 Å². The van der Waals surface area contributed by atoms with E-state index in [4.69, 9.17) is 23.2 Å². The molecule has 0 unspecified atom stereocenters. The molecule has 19 heavy (non-hydrogen) atoms. The highest BCUT2D eigenvalue weighted by atomic mass is 79.9. The van der Waals surface area contributed by atoms with Crippen molar-refractivity contribution in [2.45, 2.75) is 0 Å². The molecule has 0 radical (unpaired) electrons. The van der Waals surface area contributed by atoms with E-state index in [-0.39, 0.29) is 0 Å². The Labute approximate surface area is 131 Å². The Balaban J connectivity index is 2.10. The first kappa shape index (κ1) is 13.1. The molecule has 0 bridgehead atoms. The summed E-state index contributed by atoms with van der Waals surface area (Å²) in [6.45, 7) is 0. The van der Waals surface area contributed by atoms with Gasteiger partial charge in [0.1, 0.15) is 16.9 Å². The third kappa shape index (κ3) is 2.53. The molecule has 0 aliphatic rings. The van der Waals surface area contributed by atoms with Gasteiger partial charge in [0.25, 0.3) is 0 Å². The Morgan fingerprint density at radius 2 is 2.05 bits per heavy atom. The zero-order chi connectivity index (χ0) is 13.4. The summed E-state index contributed by atoms with van der Waals surface area (Å²) in [6, 6.07) is 5.36. The number of rotatable bonds is 2. The molecule has 0 aliphatic heterocycles. The van der Waals surface area contributed by atoms with Gasteiger partial charge in [-0.15, -0.1) is 0 Å². The number of hydrogen-bond acceptors (Lipinski definition) is 5. The SMILES string of the molecule is Clc1cnc(Nc2c(Cl)ccc3nsnc23)c(Br)c1. The number of hydrogen-bond donors (Lipinski definition) is 1. The molecule has 1 aromatic carbocycles. The smallest absolute Gasteiger partial charge is 0.144 e. The molecular weight excluding hydrogens is 371 g/mol. The van der Waals surface area contributed by atoms with Crippen LogP contribution in [0, 0.1) is 0 Å². The Morgan fingerprint density at radius 3 is 2.84 bits per heavy atom. The molecule has 2 heterocycles. The van der Waals surface area contributed by atoms with Gasteiger partial charge in [-0.05, 0) is 34.1 Å². The van der Waals surface area contributed by atoms with Gasteiger partial charge in [-0.1, -0.05) is 23.2 Å². The maximum atomic E-state index is 6.20. The molecule has 0 saturated heterocycles. The summed E-state index contributed by atoms with van der Waals surface area (Å²) < 4.78 is 9.16. The van der Waals surface area contributed by atoms with E-state index in [0.29, 0.717) is 21.6 Å². The van der Waals surface area contributed by atoms with E-state index >= 15 is 0 Å². The maximum absolute atomic E-state index is 6.20. The van der Waals surface area contributed by atoms with E-state index < -0.39 is 0 Å². The first-order valence-electron chi connectivity index (χ1n) is 5.14. The highest BCUT2D eigenvalue weighted by Gasteiger charge is 2.12. The van der Waals surface area contributed by atoms with E-state index in [1.54, 1.807) is 18.3 Å². The van der Waals surface area contributed by atoms with E-state index in [9.17, 15) is 0 Å². The van der Waals surface area contributed by atoms with E-state index in [2.05, 4.69) is 35.0 Å². The van der Waals surface area contributed by atoms with Crippen molar-refractivity contribution in [3.63, 3.8) is 0 Å². The van der Waals surface area contributed by atoms with Crippen LogP contribution in [0.3, 0.4) is 0 Å². The topological polar surface area (TPSA) is 50.7 Å². The lowest BCUT2D eigenvalue weighted by atomic mass is 10.2. The highest BCUT2D eigenvalue weighted by Crippen LogP contribution is 2.34. The first-order chi connectivity index (χ1) is 9.15. The van der Waals surface area contributed by atoms with Crippen LogP contribution in [-0.4, -0.2) is 13.7 Å². The summed E-state index contributed by atoms with van der Waals surface area (Å²) in [5.41, 5.74) is 2.20. The van der Waals surface area contributed by atoms with Crippen LogP contribution in [0.1, 0.15) is 0 Å². The maximum Gasteiger partial charge on any atom is 0.144 e. The fourth-order valence-corrected chi connectivity index (χ4v) is 3.05. The van der Waals surface area contributed by atoms with Gasteiger partial charge in [-0.2, -0.15) is 8.75 Å². The normalized spacial score (nSPS) is 10.9. The minimum absolute atomic E-state index is 0.553. The van der Waals surface area contributed by atoms with Crippen LogP contribution >= 0.6 is 50.9 Å². The Bertz CT molecular complexity index is 762. The Hall–Kier alpha value is -0.950. The molecular formula is C11H5BrCl2N4S. The number of benzene rings is 1. The van der Waals surface area contributed by atoms with Gasteiger partial charge in [0.05, 0.1) is 31.9 Å². The molecule has 1 N–H and O–H groups in total. The third-order valence-electron chi connectivity index (χ3n) is 2.43. The predicted octanol–water partition coefficient (Wildman–Crippen LogP) is 4.90. The van der Waals surface area contributed by atoms with Gasteiger partial charge in [-0.25, -0.2) is 4.98 Å². The van der Waals surface area contributed by atoms with Crippen molar-refractivity contribution in [2.75, 3.05) is 5.32 Å². The average molecular weight is 376 g/mol. The average Bonchev–Trinajstić information content (AvgIpc) is 2.84. The molecule has 2 aromatic heterocycles. The van der Waals surface area contributed by atoms with Crippen molar-refractivity contribution >= 4 is 73.4 Å². The fraction of sp³-hybridized carbons (Fsp3) is 0.